The molecule has 0 saturated heterocycles. The number of hydrogen-bond acceptors (Lipinski definition) is 3. The summed E-state index contributed by atoms with van der Waals surface area (Å²) in [6.07, 6.45) is 4.07. The molecule has 0 bridgehead atoms. The largest absolute Gasteiger partial charge is 0.481 e. The Labute approximate surface area is 105 Å². The first-order valence-corrected chi connectivity index (χ1v) is 5.74. The SMILES string of the molecule is Cc1nc(-c2cccnc2)n(C)c1CCC(=O)O. The molecule has 0 aliphatic rings. The number of imidazole rings is 1. The van der Waals surface area contributed by atoms with E-state index in [4.69, 9.17) is 5.11 Å². The van der Waals surface area contributed by atoms with Crippen LogP contribution in [0.15, 0.2) is 24.5 Å². The van der Waals surface area contributed by atoms with Crippen molar-refractivity contribution in [1.82, 2.24) is 14.5 Å². The molecule has 2 rings (SSSR count). The molecule has 94 valence electrons. The van der Waals surface area contributed by atoms with Crippen molar-refractivity contribution in [2.24, 2.45) is 7.05 Å². The van der Waals surface area contributed by atoms with Crippen LogP contribution in [-0.4, -0.2) is 25.6 Å². The zero-order chi connectivity index (χ0) is 13.1. The van der Waals surface area contributed by atoms with Crippen LogP contribution in [0.2, 0.25) is 0 Å². The number of carbonyl (C=O) groups is 1. The van der Waals surface area contributed by atoms with Gasteiger partial charge in [0.05, 0.1) is 12.1 Å². The summed E-state index contributed by atoms with van der Waals surface area (Å²) in [6.45, 7) is 1.90. The van der Waals surface area contributed by atoms with Crippen LogP contribution in [0.25, 0.3) is 11.4 Å². The molecule has 0 aromatic carbocycles. The Hall–Kier alpha value is -2.17. The molecule has 0 saturated carbocycles. The summed E-state index contributed by atoms with van der Waals surface area (Å²) in [5, 5.41) is 8.74. The number of pyridine rings is 1. The normalized spacial score (nSPS) is 10.6. The second-order valence-corrected chi connectivity index (χ2v) is 4.16. The Balaban J connectivity index is 2.35. The van der Waals surface area contributed by atoms with Crippen molar-refractivity contribution in [1.29, 1.82) is 0 Å². The number of aryl methyl sites for hydroxylation is 1. The van der Waals surface area contributed by atoms with Crippen molar-refractivity contribution in [3.8, 4) is 11.4 Å². The van der Waals surface area contributed by atoms with E-state index in [2.05, 4.69) is 9.97 Å². The Morgan fingerprint density at radius 1 is 1.50 bits per heavy atom. The summed E-state index contributed by atoms with van der Waals surface area (Å²) in [5.74, 6) is 0.0273. The van der Waals surface area contributed by atoms with Crippen LogP contribution < -0.4 is 0 Å². The minimum Gasteiger partial charge on any atom is -0.481 e. The van der Waals surface area contributed by atoms with Gasteiger partial charge in [-0.2, -0.15) is 0 Å². The number of carboxylic acids is 1. The van der Waals surface area contributed by atoms with Gasteiger partial charge in [0, 0.05) is 30.7 Å². The molecule has 1 N–H and O–H groups in total. The molecule has 0 aliphatic carbocycles. The van der Waals surface area contributed by atoms with Gasteiger partial charge >= 0.3 is 5.97 Å². The van der Waals surface area contributed by atoms with Gasteiger partial charge in [0.1, 0.15) is 5.82 Å². The van der Waals surface area contributed by atoms with Crippen LogP contribution in [0.4, 0.5) is 0 Å². The van der Waals surface area contributed by atoms with Crippen LogP contribution in [0.5, 0.6) is 0 Å². The standard InChI is InChI=1S/C13H15N3O2/c1-9-11(5-6-12(17)18)16(2)13(15-9)10-4-3-7-14-8-10/h3-4,7-8H,5-6H2,1-2H3,(H,17,18). The minimum absolute atomic E-state index is 0.118. The smallest absolute Gasteiger partial charge is 0.303 e. The molecular formula is C13H15N3O2. The van der Waals surface area contributed by atoms with E-state index >= 15 is 0 Å². The molecule has 0 unspecified atom stereocenters. The first kappa shape index (κ1) is 12.3. The van der Waals surface area contributed by atoms with Gasteiger partial charge < -0.3 is 9.67 Å². The molecule has 0 aliphatic heterocycles. The maximum Gasteiger partial charge on any atom is 0.303 e. The summed E-state index contributed by atoms with van der Waals surface area (Å²) in [4.78, 5) is 19.2. The third-order valence-corrected chi connectivity index (χ3v) is 2.91. The highest BCUT2D eigenvalue weighted by Gasteiger charge is 2.13. The fourth-order valence-corrected chi connectivity index (χ4v) is 2.00. The number of hydrogen-bond donors (Lipinski definition) is 1. The lowest BCUT2D eigenvalue weighted by Gasteiger charge is -2.05. The Morgan fingerprint density at radius 2 is 2.28 bits per heavy atom. The Kier molecular flexibility index (Phi) is 3.41. The molecule has 2 aromatic heterocycles. The van der Waals surface area contributed by atoms with Crippen molar-refractivity contribution in [2.75, 3.05) is 0 Å². The van der Waals surface area contributed by atoms with Gasteiger partial charge in [0.25, 0.3) is 0 Å². The fourth-order valence-electron chi connectivity index (χ4n) is 2.00. The monoisotopic (exact) mass is 245 g/mol. The summed E-state index contributed by atoms with van der Waals surface area (Å²) in [7, 11) is 1.90. The highest BCUT2D eigenvalue weighted by molar-refractivity contribution is 5.67. The van der Waals surface area contributed by atoms with Crippen LogP contribution in [0.1, 0.15) is 17.8 Å². The lowest BCUT2D eigenvalue weighted by molar-refractivity contribution is -0.136. The zero-order valence-corrected chi connectivity index (χ0v) is 10.4. The van der Waals surface area contributed by atoms with Crippen LogP contribution >= 0.6 is 0 Å². The number of carboxylic acid groups (broad SMARTS) is 1. The van der Waals surface area contributed by atoms with Crippen LogP contribution in [0, 0.1) is 6.92 Å². The summed E-state index contributed by atoms with van der Waals surface area (Å²) < 4.78 is 1.94. The zero-order valence-electron chi connectivity index (χ0n) is 10.4. The van der Waals surface area contributed by atoms with Gasteiger partial charge in [0.2, 0.25) is 0 Å². The van der Waals surface area contributed by atoms with Crippen molar-refractivity contribution in [2.45, 2.75) is 19.8 Å². The number of aliphatic carboxylic acids is 1. The van der Waals surface area contributed by atoms with E-state index in [-0.39, 0.29) is 6.42 Å². The van der Waals surface area contributed by atoms with Gasteiger partial charge in [-0.1, -0.05) is 0 Å². The highest BCUT2D eigenvalue weighted by Crippen LogP contribution is 2.21. The Morgan fingerprint density at radius 3 is 2.89 bits per heavy atom. The van der Waals surface area contributed by atoms with Crippen molar-refractivity contribution in [3.63, 3.8) is 0 Å². The lowest BCUT2D eigenvalue weighted by atomic mass is 10.2. The maximum atomic E-state index is 10.6. The van der Waals surface area contributed by atoms with E-state index < -0.39 is 5.97 Å². The summed E-state index contributed by atoms with van der Waals surface area (Å²) in [5.41, 5.74) is 2.76. The molecule has 5 nitrogen and oxygen atoms in total. The molecule has 0 spiro atoms. The van der Waals surface area contributed by atoms with Gasteiger partial charge in [-0.15, -0.1) is 0 Å². The highest BCUT2D eigenvalue weighted by atomic mass is 16.4. The van der Waals surface area contributed by atoms with Gasteiger partial charge in [-0.05, 0) is 25.5 Å². The van der Waals surface area contributed by atoms with E-state index in [0.29, 0.717) is 6.42 Å². The molecule has 18 heavy (non-hydrogen) atoms. The fraction of sp³-hybridized carbons (Fsp3) is 0.308. The van der Waals surface area contributed by atoms with Gasteiger partial charge in [-0.25, -0.2) is 4.98 Å². The molecule has 0 fully saturated rings. The van der Waals surface area contributed by atoms with Gasteiger partial charge in [0.15, 0.2) is 0 Å². The first-order valence-electron chi connectivity index (χ1n) is 5.74. The minimum atomic E-state index is -0.793. The van der Waals surface area contributed by atoms with Crippen LogP contribution in [0.3, 0.4) is 0 Å². The summed E-state index contributed by atoms with van der Waals surface area (Å²) >= 11 is 0. The quantitative estimate of drug-likeness (QED) is 0.892. The Bertz CT molecular complexity index is 561. The topological polar surface area (TPSA) is 68.0 Å². The van der Waals surface area contributed by atoms with Crippen molar-refractivity contribution in [3.05, 3.63) is 35.9 Å². The first-order chi connectivity index (χ1) is 8.59. The predicted molar refractivity (Wildman–Crippen MR) is 67.1 cm³/mol. The molecule has 0 radical (unpaired) electrons. The molecule has 0 atom stereocenters. The van der Waals surface area contributed by atoms with E-state index in [9.17, 15) is 4.79 Å². The number of rotatable bonds is 4. The molecule has 0 amide bonds. The van der Waals surface area contributed by atoms with E-state index in [0.717, 1.165) is 22.8 Å². The van der Waals surface area contributed by atoms with E-state index in [1.165, 1.54) is 0 Å². The second kappa shape index (κ2) is 5.00. The molecular weight excluding hydrogens is 230 g/mol. The molecule has 2 heterocycles. The second-order valence-electron chi connectivity index (χ2n) is 4.16. The van der Waals surface area contributed by atoms with Crippen LogP contribution in [-0.2, 0) is 18.3 Å². The number of nitrogens with zero attached hydrogens (tertiary/aromatic N) is 3. The van der Waals surface area contributed by atoms with E-state index in [1.807, 2.05) is 30.7 Å². The van der Waals surface area contributed by atoms with Gasteiger partial charge in [-0.3, -0.25) is 9.78 Å². The van der Waals surface area contributed by atoms with Crippen molar-refractivity contribution < 1.29 is 9.90 Å². The maximum absolute atomic E-state index is 10.6. The predicted octanol–water partition coefficient (Wildman–Crippen LogP) is 1.81. The molecule has 5 heteroatoms. The third kappa shape index (κ3) is 2.40. The van der Waals surface area contributed by atoms with Crippen molar-refractivity contribution >= 4 is 5.97 Å². The van der Waals surface area contributed by atoms with E-state index in [1.54, 1.807) is 12.4 Å². The average molecular weight is 245 g/mol. The summed E-state index contributed by atoms with van der Waals surface area (Å²) in [6, 6.07) is 3.80. The third-order valence-electron chi connectivity index (χ3n) is 2.91. The average Bonchev–Trinajstić information content (AvgIpc) is 2.63. The molecule has 2 aromatic rings. The number of aromatic nitrogens is 3. The lowest BCUT2D eigenvalue weighted by Crippen LogP contribution is -2.04.